The van der Waals surface area contributed by atoms with Crippen LogP contribution in [0.2, 0.25) is 0 Å². The van der Waals surface area contributed by atoms with Crippen molar-refractivity contribution in [2.75, 3.05) is 46.8 Å². The van der Waals surface area contributed by atoms with Crippen molar-refractivity contribution in [1.29, 1.82) is 0 Å². The lowest BCUT2D eigenvalue weighted by atomic mass is 9.77. The number of hydrogen-bond donors (Lipinski definition) is 0. The zero-order valence-electron chi connectivity index (χ0n) is 15.4. The van der Waals surface area contributed by atoms with Crippen molar-refractivity contribution in [3.63, 3.8) is 0 Å². The fourth-order valence-electron chi connectivity index (χ4n) is 4.81. The van der Waals surface area contributed by atoms with Crippen LogP contribution in [0.1, 0.15) is 51.4 Å². The van der Waals surface area contributed by atoms with E-state index in [9.17, 15) is 9.59 Å². The summed E-state index contributed by atoms with van der Waals surface area (Å²) in [6.45, 7) is 4.00. The smallest absolute Gasteiger partial charge is 0.236 e. The van der Waals surface area contributed by atoms with Crippen LogP contribution >= 0.6 is 0 Å². The predicted molar refractivity (Wildman–Crippen MR) is 94.6 cm³/mol. The van der Waals surface area contributed by atoms with Gasteiger partial charge in [-0.1, -0.05) is 19.3 Å². The molecule has 0 radical (unpaired) electrons. The van der Waals surface area contributed by atoms with E-state index in [0.717, 1.165) is 45.4 Å². The van der Waals surface area contributed by atoms with Crippen molar-refractivity contribution >= 4 is 11.8 Å². The summed E-state index contributed by atoms with van der Waals surface area (Å²) < 4.78 is 0. The van der Waals surface area contributed by atoms with Crippen molar-refractivity contribution in [2.24, 2.45) is 11.3 Å². The molecule has 1 saturated carbocycles. The molecule has 1 aliphatic carbocycles. The van der Waals surface area contributed by atoms with Crippen molar-refractivity contribution in [1.82, 2.24) is 14.7 Å². The third-order valence-corrected chi connectivity index (χ3v) is 6.32. The minimum atomic E-state index is -0.209. The van der Waals surface area contributed by atoms with Crippen LogP contribution in [0, 0.1) is 11.3 Å². The lowest BCUT2D eigenvalue weighted by Crippen LogP contribution is -2.51. The number of rotatable bonds is 4. The Morgan fingerprint density at radius 2 is 1.88 bits per heavy atom. The maximum Gasteiger partial charge on any atom is 0.236 e. The molecular weight excluding hydrogens is 302 g/mol. The molecule has 1 spiro atoms. The van der Waals surface area contributed by atoms with Gasteiger partial charge >= 0.3 is 0 Å². The molecule has 1 atom stereocenters. The summed E-state index contributed by atoms with van der Waals surface area (Å²) in [6, 6.07) is 0. The van der Waals surface area contributed by atoms with Crippen LogP contribution in [0.4, 0.5) is 0 Å². The lowest BCUT2D eigenvalue weighted by molar-refractivity contribution is -0.147. The van der Waals surface area contributed by atoms with E-state index in [4.69, 9.17) is 0 Å². The second-order valence-corrected chi connectivity index (χ2v) is 8.39. The molecule has 2 heterocycles. The molecule has 5 nitrogen and oxygen atoms in total. The highest BCUT2D eigenvalue weighted by Crippen LogP contribution is 2.40. The summed E-state index contributed by atoms with van der Waals surface area (Å²) >= 11 is 0. The second-order valence-electron chi connectivity index (χ2n) is 8.39. The number of likely N-dealkylation sites (N-methyl/N-ethyl adjacent to an activating group) is 1. The van der Waals surface area contributed by atoms with Gasteiger partial charge in [0, 0.05) is 33.7 Å². The SMILES string of the molecule is CN(C)C(=O)CN1CC[C@]2(CCCN(CC3CCCCC3)C2=O)C1. The summed E-state index contributed by atoms with van der Waals surface area (Å²) in [5.74, 6) is 1.22. The van der Waals surface area contributed by atoms with E-state index in [-0.39, 0.29) is 11.3 Å². The van der Waals surface area contributed by atoms with Crippen LogP contribution in [0.15, 0.2) is 0 Å². The first kappa shape index (κ1) is 17.7. The first-order valence-corrected chi connectivity index (χ1v) is 9.72. The third-order valence-electron chi connectivity index (χ3n) is 6.32. The van der Waals surface area contributed by atoms with Crippen LogP contribution in [0.5, 0.6) is 0 Å². The Balaban J connectivity index is 1.59. The van der Waals surface area contributed by atoms with E-state index >= 15 is 0 Å². The van der Waals surface area contributed by atoms with Gasteiger partial charge in [0.2, 0.25) is 11.8 Å². The Hall–Kier alpha value is -1.10. The fourth-order valence-corrected chi connectivity index (χ4v) is 4.81. The van der Waals surface area contributed by atoms with Crippen LogP contribution in [0.25, 0.3) is 0 Å². The number of amides is 2. The largest absolute Gasteiger partial charge is 0.348 e. The van der Waals surface area contributed by atoms with E-state index in [0.29, 0.717) is 18.4 Å². The minimum absolute atomic E-state index is 0.134. The summed E-state index contributed by atoms with van der Waals surface area (Å²) in [4.78, 5) is 31.2. The molecule has 0 N–H and O–H groups in total. The Bertz CT molecular complexity index is 473. The summed E-state index contributed by atoms with van der Waals surface area (Å²) in [5, 5.41) is 0. The molecule has 136 valence electrons. The van der Waals surface area contributed by atoms with Gasteiger partial charge in [0.25, 0.3) is 0 Å². The standard InChI is InChI=1S/C19H33N3O2/c1-20(2)17(23)14-21-12-10-19(15-21)9-6-11-22(18(19)24)13-16-7-4-3-5-8-16/h16H,3-15H2,1-2H3/t19-/m1/s1. The van der Waals surface area contributed by atoms with E-state index < -0.39 is 0 Å². The number of likely N-dealkylation sites (tertiary alicyclic amines) is 2. The van der Waals surface area contributed by atoms with Gasteiger partial charge in [-0.15, -0.1) is 0 Å². The van der Waals surface area contributed by atoms with Gasteiger partial charge < -0.3 is 9.80 Å². The van der Waals surface area contributed by atoms with Gasteiger partial charge in [-0.25, -0.2) is 0 Å². The first-order valence-electron chi connectivity index (χ1n) is 9.72. The van der Waals surface area contributed by atoms with Crippen LogP contribution in [-0.4, -0.2) is 73.3 Å². The molecule has 0 aromatic carbocycles. The predicted octanol–water partition coefficient (Wildman–Crippen LogP) is 1.97. The van der Waals surface area contributed by atoms with E-state index in [1.54, 1.807) is 19.0 Å². The average Bonchev–Trinajstić information content (AvgIpc) is 2.96. The zero-order valence-corrected chi connectivity index (χ0v) is 15.4. The maximum absolute atomic E-state index is 13.2. The van der Waals surface area contributed by atoms with E-state index in [1.807, 2.05) is 0 Å². The van der Waals surface area contributed by atoms with Gasteiger partial charge in [0.15, 0.2) is 0 Å². The Morgan fingerprint density at radius 1 is 1.12 bits per heavy atom. The van der Waals surface area contributed by atoms with Crippen molar-refractivity contribution in [3.8, 4) is 0 Å². The monoisotopic (exact) mass is 335 g/mol. The molecule has 0 aromatic heterocycles. The van der Waals surface area contributed by atoms with Crippen molar-refractivity contribution < 1.29 is 9.59 Å². The Morgan fingerprint density at radius 3 is 2.58 bits per heavy atom. The number of piperidine rings is 1. The minimum Gasteiger partial charge on any atom is -0.348 e. The highest BCUT2D eigenvalue weighted by molar-refractivity contribution is 5.84. The van der Waals surface area contributed by atoms with Crippen LogP contribution in [0.3, 0.4) is 0 Å². The molecule has 2 saturated heterocycles. The molecule has 3 aliphatic rings. The normalized spacial score (nSPS) is 29.4. The molecule has 5 heteroatoms. The number of hydrogen-bond acceptors (Lipinski definition) is 3. The molecule has 24 heavy (non-hydrogen) atoms. The number of carbonyl (C=O) groups is 2. The second kappa shape index (κ2) is 7.42. The van der Waals surface area contributed by atoms with Gasteiger partial charge in [0.1, 0.15) is 0 Å². The van der Waals surface area contributed by atoms with Crippen LogP contribution < -0.4 is 0 Å². The zero-order chi connectivity index (χ0) is 17.2. The molecule has 0 bridgehead atoms. The van der Waals surface area contributed by atoms with E-state index in [1.165, 1.54) is 32.1 Å². The highest BCUT2D eigenvalue weighted by atomic mass is 16.2. The van der Waals surface area contributed by atoms with Gasteiger partial charge in [-0.05, 0) is 44.6 Å². The summed E-state index contributed by atoms with van der Waals surface area (Å²) in [5.41, 5.74) is -0.209. The molecule has 2 amide bonds. The summed E-state index contributed by atoms with van der Waals surface area (Å²) in [6.07, 6.45) is 9.65. The quantitative estimate of drug-likeness (QED) is 0.789. The number of carbonyl (C=O) groups excluding carboxylic acids is 2. The Kier molecular flexibility index (Phi) is 5.48. The lowest BCUT2D eigenvalue weighted by Gasteiger charge is -2.41. The number of nitrogens with zero attached hydrogens (tertiary/aromatic N) is 3. The van der Waals surface area contributed by atoms with Gasteiger partial charge in [-0.3, -0.25) is 14.5 Å². The fraction of sp³-hybridized carbons (Fsp3) is 0.895. The molecule has 3 fully saturated rings. The topological polar surface area (TPSA) is 43.9 Å². The molecule has 0 aromatic rings. The molecule has 3 rings (SSSR count). The van der Waals surface area contributed by atoms with Gasteiger partial charge in [-0.2, -0.15) is 0 Å². The first-order chi connectivity index (χ1) is 11.5. The maximum atomic E-state index is 13.2. The highest BCUT2D eigenvalue weighted by Gasteiger charge is 2.48. The third kappa shape index (κ3) is 3.76. The van der Waals surface area contributed by atoms with Crippen molar-refractivity contribution in [3.05, 3.63) is 0 Å². The Labute approximate surface area is 146 Å². The van der Waals surface area contributed by atoms with Crippen molar-refractivity contribution in [2.45, 2.75) is 51.4 Å². The molecular formula is C19H33N3O2. The van der Waals surface area contributed by atoms with Crippen LogP contribution in [-0.2, 0) is 9.59 Å². The van der Waals surface area contributed by atoms with Gasteiger partial charge in [0.05, 0.1) is 12.0 Å². The molecule has 0 unspecified atom stereocenters. The van der Waals surface area contributed by atoms with E-state index in [2.05, 4.69) is 9.80 Å². The average molecular weight is 335 g/mol. The summed E-state index contributed by atoms with van der Waals surface area (Å²) in [7, 11) is 3.59. The molecule has 2 aliphatic heterocycles.